The Balaban J connectivity index is 1.95. The molecule has 5 heteroatoms. The van der Waals surface area contributed by atoms with Gasteiger partial charge in [0.15, 0.2) is 0 Å². The van der Waals surface area contributed by atoms with Gasteiger partial charge in [-0.05, 0) is 19.4 Å². The van der Waals surface area contributed by atoms with Gasteiger partial charge in [0.2, 0.25) is 0 Å². The van der Waals surface area contributed by atoms with Crippen LogP contribution in [0.15, 0.2) is 42.7 Å². The minimum atomic E-state index is 0.190. The van der Waals surface area contributed by atoms with E-state index in [1.807, 2.05) is 31.2 Å². The summed E-state index contributed by atoms with van der Waals surface area (Å²) >= 11 is 0. The first-order valence-electron chi connectivity index (χ1n) is 6.23. The van der Waals surface area contributed by atoms with Crippen molar-refractivity contribution in [3.63, 3.8) is 0 Å². The molecule has 0 spiro atoms. The highest BCUT2D eigenvalue weighted by Gasteiger charge is 2.09. The van der Waals surface area contributed by atoms with Crippen molar-refractivity contribution in [2.45, 2.75) is 19.9 Å². The minimum absolute atomic E-state index is 0.190. The third-order valence-corrected chi connectivity index (χ3v) is 3.04. The molecule has 1 aromatic carbocycles. The van der Waals surface area contributed by atoms with Crippen LogP contribution in [0, 0.1) is 6.92 Å². The Hall–Kier alpha value is -2.43. The monoisotopic (exact) mass is 253 g/mol. The molecule has 0 fully saturated rings. The molecule has 3 rings (SSSR count). The number of aromatic nitrogens is 4. The molecule has 0 aliphatic rings. The molecule has 96 valence electrons. The Morgan fingerprint density at radius 2 is 2.00 bits per heavy atom. The second-order valence-corrected chi connectivity index (χ2v) is 4.53. The standard InChI is InChI=1S/C14H15N5/c1-10-8-13(19-14(17-10)15-9-16-19)18-11(2)12-6-4-3-5-7-12/h3-9,11,18H,1-2H3. The van der Waals surface area contributed by atoms with E-state index in [0.717, 1.165) is 11.5 Å². The van der Waals surface area contributed by atoms with Crippen LogP contribution in [0.3, 0.4) is 0 Å². The normalized spacial score (nSPS) is 12.5. The maximum atomic E-state index is 4.33. The van der Waals surface area contributed by atoms with E-state index in [1.165, 1.54) is 11.9 Å². The van der Waals surface area contributed by atoms with Gasteiger partial charge in [-0.3, -0.25) is 0 Å². The van der Waals surface area contributed by atoms with Gasteiger partial charge >= 0.3 is 0 Å². The van der Waals surface area contributed by atoms with Crippen LogP contribution in [-0.4, -0.2) is 19.6 Å². The lowest BCUT2D eigenvalue weighted by Gasteiger charge is -2.16. The van der Waals surface area contributed by atoms with Crippen molar-refractivity contribution in [2.24, 2.45) is 0 Å². The van der Waals surface area contributed by atoms with E-state index in [1.54, 1.807) is 4.52 Å². The topological polar surface area (TPSA) is 55.1 Å². The van der Waals surface area contributed by atoms with Crippen molar-refractivity contribution in [1.82, 2.24) is 19.6 Å². The molecule has 0 amide bonds. The summed E-state index contributed by atoms with van der Waals surface area (Å²) in [5.41, 5.74) is 2.15. The predicted molar refractivity (Wildman–Crippen MR) is 74.0 cm³/mol. The van der Waals surface area contributed by atoms with Gasteiger partial charge in [-0.25, -0.2) is 4.98 Å². The smallest absolute Gasteiger partial charge is 0.254 e. The number of aryl methyl sites for hydroxylation is 1. The molecule has 1 atom stereocenters. The van der Waals surface area contributed by atoms with E-state index in [9.17, 15) is 0 Å². The van der Waals surface area contributed by atoms with Gasteiger partial charge in [-0.15, -0.1) is 0 Å². The van der Waals surface area contributed by atoms with Crippen molar-refractivity contribution in [2.75, 3.05) is 5.32 Å². The summed E-state index contributed by atoms with van der Waals surface area (Å²) in [5.74, 6) is 1.51. The summed E-state index contributed by atoms with van der Waals surface area (Å²) in [6, 6.07) is 12.5. The third kappa shape index (κ3) is 2.27. The molecular weight excluding hydrogens is 238 g/mol. The first-order chi connectivity index (χ1) is 9.24. The number of nitrogens with one attached hydrogen (secondary N) is 1. The van der Waals surface area contributed by atoms with E-state index in [2.05, 4.69) is 39.4 Å². The first-order valence-corrected chi connectivity index (χ1v) is 6.23. The molecule has 0 aliphatic carbocycles. The van der Waals surface area contributed by atoms with E-state index in [4.69, 9.17) is 0 Å². The lowest BCUT2D eigenvalue weighted by atomic mass is 10.1. The zero-order chi connectivity index (χ0) is 13.2. The van der Waals surface area contributed by atoms with Gasteiger partial charge in [0, 0.05) is 17.8 Å². The summed E-state index contributed by atoms with van der Waals surface area (Å²) in [6.45, 7) is 4.07. The molecule has 3 aromatic rings. The largest absolute Gasteiger partial charge is 0.363 e. The third-order valence-electron chi connectivity index (χ3n) is 3.04. The summed E-state index contributed by atoms with van der Waals surface area (Å²) in [6.07, 6.45) is 1.51. The molecule has 2 heterocycles. The van der Waals surface area contributed by atoms with E-state index in [0.29, 0.717) is 5.78 Å². The van der Waals surface area contributed by atoms with Crippen molar-refractivity contribution >= 4 is 11.6 Å². The zero-order valence-electron chi connectivity index (χ0n) is 10.9. The number of rotatable bonds is 3. The summed E-state index contributed by atoms with van der Waals surface area (Å²) in [7, 11) is 0. The van der Waals surface area contributed by atoms with Crippen LogP contribution in [0.2, 0.25) is 0 Å². The van der Waals surface area contributed by atoms with Crippen LogP contribution in [0.5, 0.6) is 0 Å². The molecule has 5 nitrogen and oxygen atoms in total. The minimum Gasteiger partial charge on any atom is -0.363 e. The van der Waals surface area contributed by atoms with Crippen molar-refractivity contribution in [3.8, 4) is 0 Å². The Bertz CT molecular complexity index is 689. The fourth-order valence-corrected chi connectivity index (χ4v) is 2.08. The van der Waals surface area contributed by atoms with Gasteiger partial charge < -0.3 is 5.32 Å². The fourth-order valence-electron chi connectivity index (χ4n) is 2.08. The second-order valence-electron chi connectivity index (χ2n) is 4.53. The Kier molecular flexibility index (Phi) is 2.87. The van der Waals surface area contributed by atoms with Gasteiger partial charge in [-0.1, -0.05) is 30.3 Å². The fraction of sp³-hybridized carbons (Fsp3) is 0.214. The van der Waals surface area contributed by atoms with Gasteiger partial charge in [0.1, 0.15) is 12.1 Å². The van der Waals surface area contributed by atoms with Crippen LogP contribution in [0.25, 0.3) is 5.78 Å². The first kappa shape index (κ1) is 11.6. The zero-order valence-corrected chi connectivity index (χ0v) is 10.9. The average Bonchev–Trinajstić information content (AvgIpc) is 2.88. The molecule has 1 N–H and O–H groups in total. The molecule has 0 saturated heterocycles. The molecule has 19 heavy (non-hydrogen) atoms. The van der Waals surface area contributed by atoms with Crippen molar-refractivity contribution in [3.05, 3.63) is 54.0 Å². The van der Waals surface area contributed by atoms with Crippen molar-refractivity contribution < 1.29 is 0 Å². The Morgan fingerprint density at radius 1 is 1.21 bits per heavy atom. The Labute approximate surface area is 111 Å². The number of anilines is 1. The maximum Gasteiger partial charge on any atom is 0.254 e. The van der Waals surface area contributed by atoms with Gasteiger partial charge in [0.05, 0.1) is 0 Å². The number of benzene rings is 1. The highest BCUT2D eigenvalue weighted by Crippen LogP contribution is 2.19. The van der Waals surface area contributed by atoms with Crippen molar-refractivity contribution in [1.29, 1.82) is 0 Å². The number of hydrogen-bond acceptors (Lipinski definition) is 4. The molecule has 0 radical (unpaired) electrons. The molecule has 2 aromatic heterocycles. The van der Waals surface area contributed by atoms with Crippen LogP contribution >= 0.6 is 0 Å². The van der Waals surface area contributed by atoms with Gasteiger partial charge in [-0.2, -0.15) is 14.6 Å². The SMILES string of the molecule is Cc1cc(NC(C)c2ccccc2)n2ncnc2n1. The lowest BCUT2D eigenvalue weighted by molar-refractivity contribution is 0.837. The molecule has 0 aliphatic heterocycles. The Morgan fingerprint density at radius 3 is 2.79 bits per heavy atom. The van der Waals surface area contributed by atoms with Gasteiger partial charge in [0.25, 0.3) is 5.78 Å². The van der Waals surface area contributed by atoms with Crippen LogP contribution in [-0.2, 0) is 0 Å². The van der Waals surface area contributed by atoms with Crippen LogP contribution < -0.4 is 5.32 Å². The number of nitrogens with zero attached hydrogens (tertiary/aromatic N) is 4. The summed E-state index contributed by atoms with van der Waals surface area (Å²) in [5, 5.41) is 7.64. The summed E-state index contributed by atoms with van der Waals surface area (Å²) < 4.78 is 1.71. The average molecular weight is 253 g/mol. The van der Waals surface area contributed by atoms with E-state index >= 15 is 0 Å². The number of hydrogen-bond donors (Lipinski definition) is 1. The van der Waals surface area contributed by atoms with E-state index in [-0.39, 0.29) is 6.04 Å². The summed E-state index contributed by atoms with van der Waals surface area (Å²) in [4.78, 5) is 8.45. The second kappa shape index (κ2) is 4.68. The highest BCUT2D eigenvalue weighted by atomic mass is 15.4. The molecule has 0 bridgehead atoms. The van der Waals surface area contributed by atoms with E-state index < -0.39 is 0 Å². The molecule has 0 saturated carbocycles. The van der Waals surface area contributed by atoms with Crippen LogP contribution in [0.4, 0.5) is 5.82 Å². The lowest BCUT2D eigenvalue weighted by Crippen LogP contribution is -2.11. The highest BCUT2D eigenvalue weighted by molar-refractivity contribution is 5.46. The maximum absolute atomic E-state index is 4.33. The van der Waals surface area contributed by atoms with Crippen LogP contribution in [0.1, 0.15) is 24.2 Å². The molecular formula is C14H15N5. The predicted octanol–water partition coefficient (Wildman–Crippen LogP) is 2.61. The molecule has 1 unspecified atom stereocenters. The quantitative estimate of drug-likeness (QED) is 0.779. The number of fused-ring (bicyclic) bond motifs is 1.